The van der Waals surface area contributed by atoms with Crippen LogP contribution in [0.15, 0.2) is 52.9 Å². The van der Waals surface area contributed by atoms with Crippen molar-refractivity contribution in [3.63, 3.8) is 0 Å². The predicted molar refractivity (Wildman–Crippen MR) is 109 cm³/mol. The molecule has 4 rings (SSSR count). The molecule has 2 aromatic carbocycles. The maximum absolute atomic E-state index is 13.8. The summed E-state index contributed by atoms with van der Waals surface area (Å²) in [5, 5.41) is 16.5. The molecule has 5 nitrogen and oxygen atoms in total. The molecule has 0 radical (unpaired) electrons. The number of carboxylic acids is 1. The van der Waals surface area contributed by atoms with Crippen molar-refractivity contribution >= 4 is 28.7 Å². The van der Waals surface area contributed by atoms with Crippen LogP contribution in [-0.2, 0) is 0 Å². The van der Waals surface area contributed by atoms with E-state index in [1.807, 2.05) is 31.2 Å². The minimum atomic E-state index is -2.91. The minimum Gasteiger partial charge on any atom is -0.478 e. The summed E-state index contributed by atoms with van der Waals surface area (Å²) in [4.78, 5) is 15.8. The van der Waals surface area contributed by atoms with E-state index < -0.39 is 23.8 Å². The lowest BCUT2D eigenvalue weighted by Crippen LogP contribution is -2.24. The molecule has 0 bridgehead atoms. The van der Waals surface area contributed by atoms with Crippen LogP contribution >= 0.6 is 11.3 Å². The van der Waals surface area contributed by atoms with Crippen LogP contribution in [0.2, 0.25) is 0 Å². The monoisotopic (exact) mass is 431 g/mol. The second-order valence-corrected chi connectivity index (χ2v) is 7.83. The first-order chi connectivity index (χ1) is 14.2. The Hall–Kier alpha value is -3.20. The van der Waals surface area contributed by atoms with Gasteiger partial charge in [-0.3, -0.25) is 0 Å². The van der Waals surface area contributed by atoms with E-state index >= 15 is 0 Å². The number of halogens is 3. The van der Waals surface area contributed by atoms with Gasteiger partial charge in [0.25, 0.3) is 5.92 Å². The molecule has 9 heteroatoms. The predicted octanol–water partition coefficient (Wildman–Crippen LogP) is 5.20. The van der Waals surface area contributed by atoms with Gasteiger partial charge in [0.1, 0.15) is 11.9 Å². The quantitative estimate of drug-likeness (QED) is 0.430. The first kappa shape index (κ1) is 20.1. The molecule has 30 heavy (non-hydrogen) atoms. The first-order valence-electron chi connectivity index (χ1n) is 9.01. The number of rotatable bonds is 6. The van der Waals surface area contributed by atoms with Crippen molar-refractivity contribution in [2.75, 3.05) is 5.01 Å². The van der Waals surface area contributed by atoms with Gasteiger partial charge in [-0.05, 0) is 31.2 Å². The zero-order valence-electron chi connectivity index (χ0n) is 15.7. The van der Waals surface area contributed by atoms with Crippen LogP contribution in [0.1, 0.15) is 27.9 Å². The van der Waals surface area contributed by atoms with Crippen molar-refractivity contribution in [1.29, 1.82) is 0 Å². The van der Waals surface area contributed by atoms with Crippen LogP contribution in [0.5, 0.6) is 0 Å². The fourth-order valence-electron chi connectivity index (χ4n) is 2.98. The molecule has 1 N–H and O–H groups in total. The number of benzene rings is 2. The van der Waals surface area contributed by atoms with Gasteiger partial charge in [0.05, 0.1) is 17.5 Å². The Morgan fingerprint density at radius 3 is 2.77 bits per heavy atom. The highest BCUT2D eigenvalue weighted by Gasteiger charge is 2.61. The number of aromatic carboxylic acids is 1. The van der Waals surface area contributed by atoms with Crippen molar-refractivity contribution < 1.29 is 23.1 Å². The number of anilines is 1. The number of carbonyl (C=O) groups is 1. The summed E-state index contributed by atoms with van der Waals surface area (Å²) in [7, 11) is 0. The molecule has 1 aromatic heterocycles. The van der Waals surface area contributed by atoms with E-state index in [9.17, 15) is 23.1 Å². The lowest BCUT2D eigenvalue weighted by molar-refractivity contribution is 0.0696. The molecule has 1 fully saturated rings. The van der Waals surface area contributed by atoms with E-state index in [0.29, 0.717) is 5.69 Å². The summed E-state index contributed by atoms with van der Waals surface area (Å²) in [6, 6.07) is 9.67. The third kappa shape index (κ3) is 4.06. The van der Waals surface area contributed by atoms with Gasteiger partial charge in [0, 0.05) is 22.9 Å². The van der Waals surface area contributed by atoms with Crippen molar-refractivity contribution in [2.24, 2.45) is 5.10 Å². The van der Waals surface area contributed by atoms with Crippen LogP contribution < -0.4 is 5.01 Å². The Labute approximate surface area is 174 Å². The van der Waals surface area contributed by atoms with E-state index in [4.69, 9.17) is 0 Å². The summed E-state index contributed by atoms with van der Waals surface area (Å²) < 4.78 is 41.0. The SMILES string of the molecule is Cc1cccc(-c2csc(N(/N=C/c3ccc(F)cc3C(=O)O)C3CC3(F)F)n2)c1. The number of carboxylic acid groups (broad SMARTS) is 1. The highest BCUT2D eigenvalue weighted by molar-refractivity contribution is 7.14. The topological polar surface area (TPSA) is 65.8 Å². The molecule has 1 heterocycles. The van der Waals surface area contributed by atoms with Crippen molar-refractivity contribution in [1.82, 2.24) is 4.98 Å². The minimum absolute atomic E-state index is 0.105. The lowest BCUT2D eigenvalue weighted by Gasteiger charge is -2.15. The van der Waals surface area contributed by atoms with Crippen LogP contribution in [0.4, 0.5) is 18.3 Å². The molecule has 0 amide bonds. The Balaban J connectivity index is 1.68. The molecule has 1 saturated carbocycles. The maximum atomic E-state index is 13.8. The highest BCUT2D eigenvalue weighted by Crippen LogP contribution is 2.48. The molecule has 1 unspecified atom stereocenters. The van der Waals surface area contributed by atoms with Gasteiger partial charge >= 0.3 is 5.97 Å². The summed E-state index contributed by atoms with van der Waals surface area (Å²) in [5.74, 6) is -4.96. The molecule has 154 valence electrons. The van der Waals surface area contributed by atoms with E-state index in [1.165, 1.54) is 17.4 Å². The number of hydrogen-bond donors (Lipinski definition) is 1. The first-order valence-corrected chi connectivity index (χ1v) is 9.89. The van der Waals surface area contributed by atoms with E-state index in [0.717, 1.165) is 34.5 Å². The van der Waals surface area contributed by atoms with Gasteiger partial charge in [0.2, 0.25) is 5.13 Å². The van der Waals surface area contributed by atoms with E-state index in [1.54, 1.807) is 5.38 Å². The number of aryl methyl sites for hydroxylation is 1. The number of hydrazone groups is 1. The Kier molecular flexibility index (Phi) is 5.07. The smallest absolute Gasteiger partial charge is 0.336 e. The number of alkyl halides is 2. The summed E-state index contributed by atoms with van der Waals surface area (Å²) >= 11 is 1.17. The number of hydrogen-bond acceptors (Lipinski definition) is 5. The maximum Gasteiger partial charge on any atom is 0.336 e. The van der Waals surface area contributed by atoms with E-state index in [2.05, 4.69) is 10.1 Å². The fourth-order valence-corrected chi connectivity index (χ4v) is 3.82. The second kappa shape index (κ2) is 7.56. The molecule has 0 spiro atoms. The average Bonchev–Trinajstić information content (AvgIpc) is 3.10. The lowest BCUT2D eigenvalue weighted by atomic mass is 10.1. The average molecular weight is 431 g/mol. The molecule has 1 aliphatic carbocycles. The fraction of sp³-hybridized carbons (Fsp3) is 0.190. The van der Waals surface area contributed by atoms with Crippen LogP contribution in [0.3, 0.4) is 0 Å². The van der Waals surface area contributed by atoms with Crippen molar-refractivity contribution in [3.8, 4) is 11.3 Å². The highest BCUT2D eigenvalue weighted by atomic mass is 32.1. The van der Waals surface area contributed by atoms with Gasteiger partial charge in [-0.1, -0.05) is 23.8 Å². The summed E-state index contributed by atoms with van der Waals surface area (Å²) in [6.45, 7) is 1.95. The zero-order valence-corrected chi connectivity index (χ0v) is 16.5. The normalized spacial score (nSPS) is 17.3. The molecule has 3 aromatic rings. The van der Waals surface area contributed by atoms with Gasteiger partial charge in [-0.25, -0.2) is 28.0 Å². The van der Waals surface area contributed by atoms with Crippen LogP contribution in [-0.4, -0.2) is 34.2 Å². The molecule has 0 aliphatic heterocycles. The van der Waals surface area contributed by atoms with Crippen LogP contribution in [0.25, 0.3) is 11.3 Å². The van der Waals surface area contributed by atoms with Gasteiger partial charge in [0.15, 0.2) is 0 Å². The third-order valence-electron chi connectivity index (χ3n) is 4.66. The zero-order chi connectivity index (χ0) is 21.5. The molecule has 1 aliphatic rings. The number of thiazole rings is 1. The molecular formula is C21H16F3N3O2S. The molecule has 0 saturated heterocycles. The Morgan fingerprint density at radius 1 is 1.33 bits per heavy atom. The third-order valence-corrected chi connectivity index (χ3v) is 5.49. The van der Waals surface area contributed by atoms with Crippen molar-refractivity contribution in [2.45, 2.75) is 25.3 Å². The van der Waals surface area contributed by atoms with Gasteiger partial charge in [-0.2, -0.15) is 5.10 Å². The van der Waals surface area contributed by atoms with Crippen molar-refractivity contribution in [3.05, 3.63) is 70.4 Å². The standard InChI is InChI=1S/C21H16F3N3O2S/c1-12-3-2-4-13(7-12)17-11-30-20(26-17)27(18-9-21(18,23)24)25-10-14-5-6-15(22)8-16(14)19(28)29/h2-8,10-11,18H,9H2,1H3,(H,28,29)/b25-10+. The molecule has 1 atom stereocenters. The van der Waals surface area contributed by atoms with Gasteiger partial charge in [-0.15, -0.1) is 11.3 Å². The Bertz CT molecular complexity index is 1150. The number of aromatic nitrogens is 1. The largest absolute Gasteiger partial charge is 0.478 e. The van der Waals surface area contributed by atoms with Gasteiger partial charge < -0.3 is 5.11 Å². The summed E-state index contributed by atoms with van der Waals surface area (Å²) in [6.07, 6.45) is 0.768. The Morgan fingerprint density at radius 2 is 2.10 bits per heavy atom. The van der Waals surface area contributed by atoms with Crippen LogP contribution in [0, 0.1) is 12.7 Å². The van der Waals surface area contributed by atoms with E-state index in [-0.39, 0.29) is 22.7 Å². The molecular weight excluding hydrogens is 415 g/mol. The summed E-state index contributed by atoms with van der Waals surface area (Å²) in [5.41, 5.74) is 2.34. The number of nitrogens with zero attached hydrogens (tertiary/aromatic N) is 3. The second-order valence-electron chi connectivity index (χ2n) is 6.99.